The molecule has 16 heavy (non-hydrogen) atoms. The van der Waals surface area contributed by atoms with Gasteiger partial charge < -0.3 is 0 Å². The standard InChI is InChI=1S/C11H7ClN4/c12-8-1-2-9-10(5-8)14-4-3-11(9)16-7-13-6-15-16/h1-7H. The van der Waals surface area contributed by atoms with E-state index in [0.717, 1.165) is 16.6 Å². The summed E-state index contributed by atoms with van der Waals surface area (Å²) >= 11 is 5.92. The first-order chi connectivity index (χ1) is 7.84. The van der Waals surface area contributed by atoms with Crippen molar-refractivity contribution in [2.24, 2.45) is 0 Å². The SMILES string of the molecule is Clc1ccc2c(-n3cncn3)ccnc2c1. The first-order valence-electron chi connectivity index (χ1n) is 4.74. The second-order valence-electron chi connectivity index (χ2n) is 3.33. The van der Waals surface area contributed by atoms with Gasteiger partial charge in [0.15, 0.2) is 0 Å². The molecule has 1 aromatic carbocycles. The van der Waals surface area contributed by atoms with E-state index in [1.54, 1.807) is 17.2 Å². The summed E-state index contributed by atoms with van der Waals surface area (Å²) in [6.07, 6.45) is 4.89. The van der Waals surface area contributed by atoms with Crippen LogP contribution in [0.5, 0.6) is 0 Å². The first-order valence-corrected chi connectivity index (χ1v) is 5.12. The number of pyridine rings is 1. The van der Waals surface area contributed by atoms with Crippen molar-refractivity contribution in [1.29, 1.82) is 0 Å². The molecule has 0 bridgehead atoms. The molecule has 4 nitrogen and oxygen atoms in total. The Bertz CT molecular complexity index is 634. The summed E-state index contributed by atoms with van der Waals surface area (Å²) in [5.74, 6) is 0. The summed E-state index contributed by atoms with van der Waals surface area (Å²) < 4.78 is 1.71. The Kier molecular flexibility index (Phi) is 2.08. The van der Waals surface area contributed by atoms with E-state index >= 15 is 0 Å². The van der Waals surface area contributed by atoms with E-state index in [0.29, 0.717) is 5.02 Å². The van der Waals surface area contributed by atoms with Crippen LogP contribution in [-0.4, -0.2) is 19.7 Å². The van der Waals surface area contributed by atoms with E-state index < -0.39 is 0 Å². The average Bonchev–Trinajstić information content (AvgIpc) is 2.81. The molecule has 78 valence electrons. The van der Waals surface area contributed by atoms with Crippen LogP contribution in [0.2, 0.25) is 5.02 Å². The van der Waals surface area contributed by atoms with Crippen LogP contribution in [0.25, 0.3) is 16.6 Å². The van der Waals surface area contributed by atoms with Crippen molar-refractivity contribution in [3.8, 4) is 5.69 Å². The number of hydrogen-bond donors (Lipinski definition) is 0. The minimum atomic E-state index is 0.677. The van der Waals surface area contributed by atoms with E-state index in [2.05, 4.69) is 15.1 Å². The van der Waals surface area contributed by atoms with Gasteiger partial charge in [-0.3, -0.25) is 4.98 Å². The van der Waals surface area contributed by atoms with Crippen molar-refractivity contribution in [3.05, 3.63) is 48.1 Å². The summed E-state index contributed by atoms with van der Waals surface area (Å²) in [5, 5.41) is 5.78. The third-order valence-electron chi connectivity index (χ3n) is 2.35. The van der Waals surface area contributed by atoms with Gasteiger partial charge in [-0.2, -0.15) is 5.10 Å². The number of nitrogens with zero attached hydrogens (tertiary/aromatic N) is 4. The molecule has 3 rings (SSSR count). The zero-order valence-corrected chi connectivity index (χ0v) is 8.96. The highest BCUT2D eigenvalue weighted by atomic mass is 35.5. The number of fused-ring (bicyclic) bond motifs is 1. The van der Waals surface area contributed by atoms with Gasteiger partial charge in [0.1, 0.15) is 12.7 Å². The number of benzene rings is 1. The van der Waals surface area contributed by atoms with Crippen LogP contribution < -0.4 is 0 Å². The molecule has 2 heterocycles. The molecule has 2 aromatic heterocycles. The normalized spacial score (nSPS) is 10.8. The summed E-state index contributed by atoms with van der Waals surface area (Å²) in [7, 11) is 0. The fourth-order valence-corrected chi connectivity index (χ4v) is 1.80. The highest BCUT2D eigenvalue weighted by molar-refractivity contribution is 6.31. The van der Waals surface area contributed by atoms with Gasteiger partial charge in [0.05, 0.1) is 11.2 Å². The van der Waals surface area contributed by atoms with Crippen molar-refractivity contribution >= 4 is 22.5 Å². The molecular formula is C11H7ClN4. The van der Waals surface area contributed by atoms with Gasteiger partial charge in [-0.05, 0) is 24.3 Å². The largest absolute Gasteiger partial charge is 0.256 e. The van der Waals surface area contributed by atoms with Crippen molar-refractivity contribution < 1.29 is 0 Å². The monoisotopic (exact) mass is 230 g/mol. The molecule has 0 saturated carbocycles. The lowest BCUT2D eigenvalue weighted by atomic mass is 10.2. The summed E-state index contributed by atoms with van der Waals surface area (Å²) in [4.78, 5) is 8.19. The molecule has 0 aliphatic heterocycles. The van der Waals surface area contributed by atoms with Crippen LogP contribution in [-0.2, 0) is 0 Å². The van der Waals surface area contributed by atoms with Crippen molar-refractivity contribution in [2.75, 3.05) is 0 Å². The number of rotatable bonds is 1. The number of hydrogen-bond acceptors (Lipinski definition) is 3. The lowest BCUT2D eigenvalue weighted by molar-refractivity contribution is 0.884. The van der Waals surface area contributed by atoms with Crippen molar-refractivity contribution in [1.82, 2.24) is 19.7 Å². The molecule has 0 radical (unpaired) electrons. The molecule has 0 fully saturated rings. The molecular weight excluding hydrogens is 224 g/mol. The maximum atomic E-state index is 5.92. The molecule has 0 aliphatic rings. The number of aromatic nitrogens is 4. The van der Waals surface area contributed by atoms with Crippen molar-refractivity contribution in [3.63, 3.8) is 0 Å². The lowest BCUT2D eigenvalue weighted by Crippen LogP contribution is -1.96. The van der Waals surface area contributed by atoms with Gasteiger partial charge in [-0.1, -0.05) is 11.6 Å². The van der Waals surface area contributed by atoms with Crippen LogP contribution in [0.3, 0.4) is 0 Å². The predicted octanol–water partition coefficient (Wildman–Crippen LogP) is 2.47. The molecule has 0 aliphatic carbocycles. The smallest absolute Gasteiger partial charge is 0.138 e. The first kappa shape index (κ1) is 9.30. The number of halogens is 1. The summed E-state index contributed by atoms with van der Waals surface area (Å²) in [5.41, 5.74) is 1.79. The minimum absolute atomic E-state index is 0.677. The van der Waals surface area contributed by atoms with Gasteiger partial charge in [0.25, 0.3) is 0 Å². The predicted molar refractivity (Wildman–Crippen MR) is 61.7 cm³/mol. The molecule has 0 N–H and O–H groups in total. The fourth-order valence-electron chi connectivity index (χ4n) is 1.64. The zero-order valence-electron chi connectivity index (χ0n) is 8.21. The van der Waals surface area contributed by atoms with Crippen molar-refractivity contribution in [2.45, 2.75) is 0 Å². The van der Waals surface area contributed by atoms with E-state index in [-0.39, 0.29) is 0 Å². The molecule has 5 heteroatoms. The average molecular weight is 231 g/mol. The second-order valence-corrected chi connectivity index (χ2v) is 3.77. The summed E-state index contributed by atoms with van der Waals surface area (Å²) in [6, 6.07) is 7.50. The maximum absolute atomic E-state index is 5.92. The van der Waals surface area contributed by atoms with Crippen LogP contribution in [0.1, 0.15) is 0 Å². The topological polar surface area (TPSA) is 43.6 Å². The Morgan fingerprint density at radius 1 is 1.19 bits per heavy atom. The van der Waals surface area contributed by atoms with Crippen LogP contribution in [0, 0.1) is 0 Å². The molecule has 0 atom stereocenters. The second kappa shape index (κ2) is 3.57. The molecule has 3 aromatic rings. The lowest BCUT2D eigenvalue weighted by Gasteiger charge is -2.05. The Hall–Kier alpha value is -1.94. The maximum Gasteiger partial charge on any atom is 0.138 e. The third-order valence-corrected chi connectivity index (χ3v) is 2.58. The van der Waals surface area contributed by atoms with Gasteiger partial charge in [-0.25, -0.2) is 9.67 Å². The molecule has 0 spiro atoms. The van der Waals surface area contributed by atoms with Gasteiger partial charge in [0, 0.05) is 16.6 Å². The minimum Gasteiger partial charge on any atom is -0.256 e. The van der Waals surface area contributed by atoms with E-state index in [1.807, 2.05) is 24.3 Å². The third kappa shape index (κ3) is 1.44. The quantitative estimate of drug-likeness (QED) is 0.645. The highest BCUT2D eigenvalue weighted by Crippen LogP contribution is 2.22. The highest BCUT2D eigenvalue weighted by Gasteiger charge is 2.04. The molecule has 0 amide bonds. The van der Waals surface area contributed by atoms with Gasteiger partial charge >= 0.3 is 0 Å². The fraction of sp³-hybridized carbons (Fsp3) is 0. The van der Waals surface area contributed by atoms with Crippen LogP contribution in [0.4, 0.5) is 0 Å². The van der Waals surface area contributed by atoms with E-state index in [4.69, 9.17) is 11.6 Å². The zero-order chi connectivity index (χ0) is 11.0. The van der Waals surface area contributed by atoms with Crippen LogP contribution in [0.15, 0.2) is 43.1 Å². The van der Waals surface area contributed by atoms with Crippen LogP contribution >= 0.6 is 11.6 Å². The Balaban J connectivity index is 2.34. The Morgan fingerprint density at radius 3 is 2.94 bits per heavy atom. The Morgan fingerprint density at radius 2 is 2.12 bits per heavy atom. The summed E-state index contributed by atoms with van der Waals surface area (Å²) in [6.45, 7) is 0. The van der Waals surface area contributed by atoms with Gasteiger partial charge in [-0.15, -0.1) is 0 Å². The molecule has 0 unspecified atom stereocenters. The van der Waals surface area contributed by atoms with E-state index in [1.165, 1.54) is 6.33 Å². The molecule has 0 saturated heterocycles. The van der Waals surface area contributed by atoms with Gasteiger partial charge in [0.2, 0.25) is 0 Å². The Labute approximate surface area is 96.5 Å². The van der Waals surface area contributed by atoms with E-state index in [9.17, 15) is 0 Å².